The zero-order valence-corrected chi connectivity index (χ0v) is 12.2. The molecule has 0 bridgehead atoms. The number of nitrogens with zero attached hydrogens (tertiary/aromatic N) is 1. The fourth-order valence-corrected chi connectivity index (χ4v) is 3.38. The summed E-state index contributed by atoms with van der Waals surface area (Å²) in [4.78, 5) is 0. The van der Waals surface area contributed by atoms with Crippen LogP contribution in [0.4, 0.5) is 0 Å². The number of benzene rings is 2. The fourth-order valence-electron chi connectivity index (χ4n) is 2.61. The van der Waals surface area contributed by atoms with E-state index in [1.165, 1.54) is 10.1 Å². The van der Waals surface area contributed by atoms with Gasteiger partial charge in [0.1, 0.15) is 5.75 Å². The number of hydrogen-bond acceptors (Lipinski definition) is 3. The van der Waals surface area contributed by atoms with Crippen molar-refractivity contribution < 1.29 is 9.84 Å². The monoisotopic (exact) mass is 295 g/mol. The van der Waals surface area contributed by atoms with Crippen LogP contribution in [0.3, 0.4) is 0 Å². The van der Waals surface area contributed by atoms with Crippen molar-refractivity contribution in [1.29, 1.82) is 0 Å². The highest BCUT2D eigenvalue weighted by Crippen LogP contribution is 2.33. The van der Waals surface area contributed by atoms with Gasteiger partial charge >= 0.3 is 0 Å². The number of ether oxygens (including phenoxy) is 1. The van der Waals surface area contributed by atoms with Gasteiger partial charge in [-0.15, -0.1) is 11.3 Å². The molecular weight excluding hydrogens is 282 g/mol. The maximum atomic E-state index is 10.5. The van der Waals surface area contributed by atoms with Crippen LogP contribution in [0.25, 0.3) is 26.5 Å². The molecule has 0 aliphatic heterocycles. The van der Waals surface area contributed by atoms with Crippen molar-refractivity contribution in [3.05, 3.63) is 54.0 Å². The Hall–Kier alpha value is -2.46. The van der Waals surface area contributed by atoms with Crippen molar-refractivity contribution in [3.8, 4) is 17.3 Å². The first-order valence-electron chi connectivity index (χ1n) is 6.62. The minimum atomic E-state index is 0.252. The summed E-state index contributed by atoms with van der Waals surface area (Å²) in [5.41, 5.74) is 0.952. The van der Waals surface area contributed by atoms with Crippen molar-refractivity contribution in [1.82, 2.24) is 4.57 Å². The maximum absolute atomic E-state index is 10.5. The molecule has 3 nitrogen and oxygen atoms in total. The molecule has 1 N–H and O–H groups in total. The first-order valence-corrected chi connectivity index (χ1v) is 7.50. The molecule has 0 saturated heterocycles. The Kier molecular flexibility index (Phi) is 2.65. The molecule has 104 valence electrons. The zero-order valence-electron chi connectivity index (χ0n) is 11.4. The van der Waals surface area contributed by atoms with Crippen LogP contribution in [0, 0.1) is 0 Å². The van der Waals surface area contributed by atoms with Gasteiger partial charge in [-0.05, 0) is 53.2 Å². The maximum Gasteiger partial charge on any atom is 0.203 e. The summed E-state index contributed by atoms with van der Waals surface area (Å²) in [6.07, 6.45) is 1.93. The van der Waals surface area contributed by atoms with Crippen LogP contribution in [0.5, 0.6) is 11.6 Å². The molecule has 0 aliphatic carbocycles. The van der Waals surface area contributed by atoms with Crippen LogP contribution >= 0.6 is 11.3 Å². The van der Waals surface area contributed by atoms with Crippen molar-refractivity contribution in [2.45, 2.75) is 0 Å². The molecule has 0 amide bonds. The molecule has 0 radical (unpaired) electrons. The molecule has 0 spiro atoms. The second-order valence-corrected chi connectivity index (χ2v) is 5.87. The summed E-state index contributed by atoms with van der Waals surface area (Å²) in [7, 11) is 1.64. The SMILES string of the molecule is COc1ccc2c(O)n(-c3ccc4sccc4c3)cc2c1. The van der Waals surface area contributed by atoms with Gasteiger partial charge in [0.15, 0.2) is 0 Å². The van der Waals surface area contributed by atoms with Gasteiger partial charge in [-0.1, -0.05) is 0 Å². The van der Waals surface area contributed by atoms with Gasteiger partial charge in [-0.2, -0.15) is 0 Å². The lowest BCUT2D eigenvalue weighted by molar-refractivity contribution is 0.415. The van der Waals surface area contributed by atoms with Gasteiger partial charge in [0.25, 0.3) is 0 Å². The highest BCUT2D eigenvalue weighted by molar-refractivity contribution is 7.17. The van der Waals surface area contributed by atoms with E-state index in [4.69, 9.17) is 4.74 Å². The third kappa shape index (κ3) is 1.87. The molecule has 2 aromatic carbocycles. The number of methoxy groups -OCH3 is 1. The minimum Gasteiger partial charge on any atom is -0.497 e. The largest absolute Gasteiger partial charge is 0.497 e. The second-order valence-electron chi connectivity index (χ2n) is 4.92. The topological polar surface area (TPSA) is 34.4 Å². The molecule has 0 atom stereocenters. The summed E-state index contributed by atoms with van der Waals surface area (Å²) >= 11 is 1.72. The predicted molar refractivity (Wildman–Crippen MR) is 86.9 cm³/mol. The molecular formula is C17H13NO2S. The normalized spacial score (nSPS) is 11.3. The van der Waals surface area contributed by atoms with E-state index < -0.39 is 0 Å². The molecule has 0 unspecified atom stereocenters. The lowest BCUT2D eigenvalue weighted by Crippen LogP contribution is -1.89. The molecule has 4 rings (SSSR count). The summed E-state index contributed by atoms with van der Waals surface area (Å²) < 4.78 is 8.29. The Bertz CT molecular complexity index is 952. The van der Waals surface area contributed by atoms with Gasteiger partial charge in [0, 0.05) is 27.4 Å². The van der Waals surface area contributed by atoms with Gasteiger partial charge in [-0.3, -0.25) is 4.57 Å². The molecule has 2 aromatic heterocycles. The molecule has 4 heteroatoms. The molecule has 2 heterocycles. The first kappa shape index (κ1) is 12.3. The molecule has 0 fully saturated rings. The Labute approximate surface area is 125 Å². The van der Waals surface area contributed by atoms with E-state index in [2.05, 4.69) is 23.6 Å². The van der Waals surface area contributed by atoms with Gasteiger partial charge in [-0.25, -0.2) is 0 Å². The van der Waals surface area contributed by atoms with Gasteiger partial charge in [0.2, 0.25) is 5.88 Å². The lowest BCUT2D eigenvalue weighted by atomic mass is 10.2. The smallest absolute Gasteiger partial charge is 0.203 e. The average Bonchev–Trinajstić information content (AvgIpc) is 3.10. The first-order chi connectivity index (χ1) is 10.3. The van der Waals surface area contributed by atoms with Crippen LogP contribution in [-0.2, 0) is 0 Å². The van der Waals surface area contributed by atoms with E-state index in [9.17, 15) is 5.11 Å². The summed E-state index contributed by atoms with van der Waals surface area (Å²) in [6, 6.07) is 13.9. The van der Waals surface area contributed by atoms with Crippen molar-refractivity contribution in [3.63, 3.8) is 0 Å². The van der Waals surface area contributed by atoms with E-state index >= 15 is 0 Å². The Morgan fingerprint density at radius 2 is 1.95 bits per heavy atom. The van der Waals surface area contributed by atoms with E-state index in [-0.39, 0.29) is 5.88 Å². The number of thiophene rings is 1. The Morgan fingerprint density at radius 3 is 2.81 bits per heavy atom. The van der Waals surface area contributed by atoms with Gasteiger partial charge < -0.3 is 9.84 Å². The van der Waals surface area contributed by atoms with Crippen LogP contribution in [0.1, 0.15) is 0 Å². The number of rotatable bonds is 2. The average molecular weight is 295 g/mol. The summed E-state index contributed by atoms with van der Waals surface area (Å²) in [5.74, 6) is 1.04. The fraction of sp³-hybridized carbons (Fsp3) is 0.0588. The van der Waals surface area contributed by atoms with E-state index in [0.29, 0.717) is 0 Å². The van der Waals surface area contributed by atoms with Crippen LogP contribution < -0.4 is 4.74 Å². The van der Waals surface area contributed by atoms with Crippen molar-refractivity contribution in [2.24, 2.45) is 0 Å². The summed E-state index contributed by atoms with van der Waals surface area (Å²) in [6.45, 7) is 0. The standard InChI is InChI=1S/C17H13NO2S/c1-20-14-3-4-15-12(9-14)10-18(17(15)19)13-2-5-16-11(8-13)6-7-21-16/h2-10,19H,1H3. The second kappa shape index (κ2) is 4.53. The highest BCUT2D eigenvalue weighted by Gasteiger charge is 2.11. The van der Waals surface area contributed by atoms with Crippen LogP contribution in [0.15, 0.2) is 54.0 Å². The quantitative estimate of drug-likeness (QED) is 0.588. The predicted octanol–water partition coefficient (Wildman–Crippen LogP) is 4.56. The Morgan fingerprint density at radius 1 is 1.05 bits per heavy atom. The van der Waals surface area contributed by atoms with E-state index in [0.717, 1.165) is 22.2 Å². The highest BCUT2D eigenvalue weighted by atomic mass is 32.1. The third-order valence-electron chi connectivity index (χ3n) is 3.71. The summed E-state index contributed by atoms with van der Waals surface area (Å²) in [5, 5.41) is 15.5. The van der Waals surface area contributed by atoms with Crippen LogP contribution in [-0.4, -0.2) is 16.8 Å². The van der Waals surface area contributed by atoms with E-state index in [1.807, 2.05) is 30.5 Å². The Balaban J connectivity index is 1.94. The number of hydrogen-bond donors (Lipinski definition) is 1. The van der Waals surface area contributed by atoms with Crippen molar-refractivity contribution in [2.75, 3.05) is 7.11 Å². The molecule has 21 heavy (non-hydrogen) atoms. The van der Waals surface area contributed by atoms with Crippen LogP contribution in [0.2, 0.25) is 0 Å². The molecule has 4 aromatic rings. The van der Waals surface area contributed by atoms with E-state index in [1.54, 1.807) is 23.0 Å². The number of aromatic hydroxyl groups is 1. The molecule has 0 saturated carbocycles. The number of aromatic nitrogens is 1. The molecule has 0 aliphatic rings. The third-order valence-corrected chi connectivity index (χ3v) is 4.61. The zero-order chi connectivity index (χ0) is 14.4. The minimum absolute atomic E-state index is 0.252. The van der Waals surface area contributed by atoms with Gasteiger partial charge in [0.05, 0.1) is 7.11 Å². The lowest BCUT2D eigenvalue weighted by Gasteiger charge is -2.04. The van der Waals surface area contributed by atoms with Crippen molar-refractivity contribution >= 4 is 32.2 Å². The number of fused-ring (bicyclic) bond motifs is 2.